The number of nitrogens with zero attached hydrogens (tertiary/aromatic N) is 1. The maximum Gasteiger partial charge on any atom is 0.0547 e. The molecule has 0 amide bonds. The third-order valence-corrected chi connectivity index (χ3v) is 3.57. The van der Waals surface area contributed by atoms with Gasteiger partial charge in [0.1, 0.15) is 0 Å². The van der Waals surface area contributed by atoms with Crippen LogP contribution < -0.4 is 0 Å². The molecule has 1 aromatic carbocycles. The lowest BCUT2D eigenvalue weighted by molar-refractivity contribution is 0.953. The Kier molecular flexibility index (Phi) is 3.14. The van der Waals surface area contributed by atoms with Gasteiger partial charge >= 0.3 is 0 Å². The molecule has 0 aliphatic rings. The van der Waals surface area contributed by atoms with Gasteiger partial charge in [-0.05, 0) is 41.1 Å². The molecule has 1 nitrogen and oxygen atoms in total. The van der Waals surface area contributed by atoms with Gasteiger partial charge in [0.2, 0.25) is 0 Å². The highest BCUT2D eigenvalue weighted by molar-refractivity contribution is 14.1. The molecule has 0 saturated heterocycles. The summed E-state index contributed by atoms with van der Waals surface area (Å²) in [7, 11) is 2.12. The van der Waals surface area contributed by atoms with Crippen LogP contribution >= 0.6 is 22.6 Å². The van der Waals surface area contributed by atoms with Crippen molar-refractivity contribution in [2.24, 2.45) is 7.05 Å². The molecule has 0 spiro atoms. The first-order valence-corrected chi connectivity index (χ1v) is 6.22. The minimum Gasteiger partial charge on any atom is -0.343 e. The fraction of sp³-hybridized carbons (Fsp3) is 0.231. The predicted octanol–water partition coefficient (Wildman–Crippen LogP) is 4.36. The first kappa shape index (κ1) is 10.7. The first-order valence-electron chi connectivity index (χ1n) is 5.14. The topological polar surface area (TPSA) is 4.93 Å². The zero-order chi connectivity index (χ0) is 10.8. The molecular weight excluding hydrogens is 297 g/mol. The van der Waals surface area contributed by atoms with Gasteiger partial charge in [0, 0.05) is 21.5 Å². The molecule has 0 aliphatic heterocycles. The van der Waals surface area contributed by atoms with Gasteiger partial charge in [0.15, 0.2) is 0 Å². The summed E-state index contributed by atoms with van der Waals surface area (Å²) in [6, 6.07) is 10.7. The third-order valence-electron chi connectivity index (χ3n) is 2.58. The van der Waals surface area contributed by atoms with Crippen molar-refractivity contribution in [3.8, 4) is 0 Å². The van der Waals surface area contributed by atoms with Crippen molar-refractivity contribution in [3.05, 3.63) is 42.1 Å². The van der Waals surface area contributed by atoms with Crippen molar-refractivity contribution in [1.82, 2.24) is 4.57 Å². The van der Waals surface area contributed by atoms with Crippen molar-refractivity contribution in [3.63, 3.8) is 0 Å². The number of fused-ring (bicyclic) bond motifs is 1. The lowest BCUT2D eigenvalue weighted by atomic mass is 10.2. The van der Waals surface area contributed by atoms with Crippen molar-refractivity contribution >= 4 is 37.1 Å². The van der Waals surface area contributed by atoms with Crippen LogP contribution in [-0.4, -0.2) is 4.57 Å². The molecule has 0 unspecified atom stereocenters. The Balaban J connectivity index is 2.63. The molecule has 1 aromatic heterocycles. The van der Waals surface area contributed by atoms with E-state index in [4.69, 9.17) is 0 Å². The second-order valence-corrected chi connectivity index (χ2v) is 4.77. The minimum absolute atomic E-state index is 1.08. The van der Waals surface area contributed by atoms with E-state index in [1.165, 1.54) is 20.2 Å². The average molecular weight is 311 g/mol. The van der Waals surface area contributed by atoms with Gasteiger partial charge in [0.05, 0.1) is 5.69 Å². The SMILES string of the molecule is CC/C=C(\I)c1cc2ccccc2n1C. The normalized spacial score (nSPS) is 12.3. The van der Waals surface area contributed by atoms with E-state index in [1.807, 2.05) is 0 Å². The zero-order valence-electron chi connectivity index (χ0n) is 9.00. The quantitative estimate of drug-likeness (QED) is 0.726. The Morgan fingerprint density at radius 1 is 1.40 bits per heavy atom. The molecule has 0 bridgehead atoms. The molecule has 2 heteroatoms. The predicted molar refractivity (Wildman–Crippen MR) is 75.2 cm³/mol. The summed E-state index contributed by atoms with van der Waals surface area (Å²) in [5, 5.41) is 1.31. The number of rotatable bonds is 2. The van der Waals surface area contributed by atoms with Crippen LogP contribution in [0.4, 0.5) is 0 Å². The molecular formula is C13H14IN. The molecule has 2 aromatic rings. The van der Waals surface area contributed by atoms with E-state index < -0.39 is 0 Å². The largest absolute Gasteiger partial charge is 0.343 e. The first-order chi connectivity index (χ1) is 7.24. The Morgan fingerprint density at radius 3 is 2.80 bits per heavy atom. The third kappa shape index (κ3) is 1.95. The lowest BCUT2D eigenvalue weighted by Crippen LogP contribution is -1.91. The summed E-state index contributed by atoms with van der Waals surface area (Å²) in [6.07, 6.45) is 3.34. The fourth-order valence-corrected chi connectivity index (χ4v) is 2.76. The van der Waals surface area contributed by atoms with Gasteiger partial charge in [-0.15, -0.1) is 0 Å². The Hall–Kier alpha value is -0.770. The summed E-state index contributed by atoms with van der Waals surface area (Å²) in [6.45, 7) is 2.17. The number of hydrogen-bond acceptors (Lipinski definition) is 0. The van der Waals surface area contributed by atoms with Crippen molar-refractivity contribution in [2.45, 2.75) is 13.3 Å². The van der Waals surface area contributed by atoms with E-state index in [-0.39, 0.29) is 0 Å². The number of benzene rings is 1. The second kappa shape index (κ2) is 4.39. The molecule has 0 atom stereocenters. The molecule has 78 valence electrons. The van der Waals surface area contributed by atoms with Crippen LogP contribution in [0.15, 0.2) is 36.4 Å². The number of para-hydroxylation sites is 1. The Bertz CT molecular complexity index is 508. The van der Waals surface area contributed by atoms with Gasteiger partial charge < -0.3 is 4.57 Å². The van der Waals surface area contributed by atoms with E-state index in [0.717, 1.165) is 6.42 Å². The van der Waals surface area contributed by atoms with Crippen LogP contribution in [0.5, 0.6) is 0 Å². The molecule has 0 radical (unpaired) electrons. The van der Waals surface area contributed by atoms with Gasteiger partial charge in [-0.1, -0.05) is 31.2 Å². The number of aryl methyl sites for hydroxylation is 1. The number of allylic oxidation sites excluding steroid dienone is 1. The van der Waals surface area contributed by atoms with Crippen LogP contribution in [-0.2, 0) is 7.05 Å². The molecule has 0 saturated carbocycles. The monoisotopic (exact) mass is 311 g/mol. The smallest absolute Gasteiger partial charge is 0.0547 e. The van der Waals surface area contributed by atoms with Crippen LogP contribution in [0.25, 0.3) is 14.5 Å². The van der Waals surface area contributed by atoms with Crippen LogP contribution in [0.2, 0.25) is 0 Å². The van der Waals surface area contributed by atoms with Gasteiger partial charge in [-0.3, -0.25) is 0 Å². The van der Waals surface area contributed by atoms with E-state index in [9.17, 15) is 0 Å². The molecule has 15 heavy (non-hydrogen) atoms. The van der Waals surface area contributed by atoms with Gasteiger partial charge in [0.25, 0.3) is 0 Å². The number of aromatic nitrogens is 1. The second-order valence-electron chi connectivity index (χ2n) is 3.61. The van der Waals surface area contributed by atoms with Crippen LogP contribution in [0.1, 0.15) is 19.0 Å². The zero-order valence-corrected chi connectivity index (χ0v) is 11.2. The standard InChI is InChI=1S/C13H14IN/c1-3-6-11(14)13-9-10-7-4-5-8-12(10)15(13)2/h4-9H,3H2,1-2H3/b11-6-. The summed E-state index contributed by atoms with van der Waals surface area (Å²) in [5.74, 6) is 0. The van der Waals surface area contributed by atoms with E-state index >= 15 is 0 Å². The number of hydrogen-bond donors (Lipinski definition) is 0. The molecule has 2 rings (SSSR count). The lowest BCUT2D eigenvalue weighted by Gasteiger charge is -2.02. The van der Waals surface area contributed by atoms with Gasteiger partial charge in [-0.2, -0.15) is 0 Å². The Morgan fingerprint density at radius 2 is 2.13 bits per heavy atom. The van der Waals surface area contributed by atoms with E-state index in [2.05, 4.69) is 77.5 Å². The fourth-order valence-electron chi connectivity index (χ4n) is 1.80. The highest BCUT2D eigenvalue weighted by atomic mass is 127. The summed E-state index contributed by atoms with van der Waals surface area (Å²) in [4.78, 5) is 0. The maximum atomic E-state index is 2.41. The summed E-state index contributed by atoms with van der Waals surface area (Å²) in [5.41, 5.74) is 2.60. The van der Waals surface area contributed by atoms with Crippen molar-refractivity contribution in [2.75, 3.05) is 0 Å². The van der Waals surface area contributed by atoms with E-state index in [1.54, 1.807) is 0 Å². The Labute approximate surface area is 104 Å². The van der Waals surface area contributed by atoms with Crippen LogP contribution in [0, 0.1) is 0 Å². The minimum atomic E-state index is 1.08. The molecule has 1 heterocycles. The summed E-state index contributed by atoms with van der Waals surface area (Å²) < 4.78 is 3.58. The van der Waals surface area contributed by atoms with Crippen molar-refractivity contribution in [1.29, 1.82) is 0 Å². The summed E-state index contributed by atoms with van der Waals surface area (Å²) >= 11 is 2.41. The van der Waals surface area contributed by atoms with E-state index in [0.29, 0.717) is 0 Å². The highest BCUT2D eigenvalue weighted by Crippen LogP contribution is 2.28. The van der Waals surface area contributed by atoms with Crippen molar-refractivity contribution < 1.29 is 0 Å². The highest BCUT2D eigenvalue weighted by Gasteiger charge is 2.06. The number of halogens is 1. The average Bonchev–Trinajstić information content (AvgIpc) is 2.57. The maximum absolute atomic E-state index is 2.41. The van der Waals surface area contributed by atoms with Gasteiger partial charge in [-0.25, -0.2) is 0 Å². The molecule has 0 fully saturated rings. The van der Waals surface area contributed by atoms with Crippen LogP contribution in [0.3, 0.4) is 0 Å². The molecule has 0 aliphatic carbocycles. The molecule has 0 N–H and O–H groups in total.